The Bertz CT molecular complexity index is 749. The Kier molecular flexibility index (Phi) is 3.65. The summed E-state index contributed by atoms with van der Waals surface area (Å²) in [6.45, 7) is 2.00. The Morgan fingerprint density at radius 3 is 2.71 bits per heavy atom. The van der Waals surface area contributed by atoms with Gasteiger partial charge in [0.25, 0.3) is 0 Å². The first-order valence-electron chi connectivity index (χ1n) is 6.16. The highest BCUT2D eigenvalue weighted by molar-refractivity contribution is 9.10. The Labute approximate surface area is 134 Å². The van der Waals surface area contributed by atoms with Crippen molar-refractivity contribution in [2.75, 3.05) is 5.73 Å². The smallest absolute Gasteiger partial charge is 0.188 e. The van der Waals surface area contributed by atoms with Gasteiger partial charge in [0.1, 0.15) is 0 Å². The van der Waals surface area contributed by atoms with Crippen molar-refractivity contribution in [2.45, 2.75) is 6.92 Å². The molecule has 2 aromatic carbocycles. The molecule has 3 rings (SSSR count). The summed E-state index contributed by atoms with van der Waals surface area (Å²) in [4.78, 5) is 0. The molecule has 0 spiro atoms. The molecule has 0 bridgehead atoms. The van der Waals surface area contributed by atoms with Crippen LogP contribution >= 0.6 is 27.5 Å². The zero-order chi connectivity index (χ0) is 15.0. The molecule has 0 unspecified atom stereocenters. The third-order valence-corrected chi connectivity index (χ3v) is 3.90. The van der Waals surface area contributed by atoms with Gasteiger partial charge in [-0.2, -0.15) is 4.68 Å². The van der Waals surface area contributed by atoms with Crippen molar-refractivity contribution in [2.24, 2.45) is 0 Å². The number of tetrazole rings is 1. The average Bonchev–Trinajstić information content (AvgIpc) is 2.87. The third kappa shape index (κ3) is 2.64. The van der Waals surface area contributed by atoms with Crippen molar-refractivity contribution in [3.63, 3.8) is 0 Å². The summed E-state index contributed by atoms with van der Waals surface area (Å²) < 4.78 is 2.67. The molecular formula is C14H11BrClN5. The van der Waals surface area contributed by atoms with Gasteiger partial charge in [0.15, 0.2) is 5.82 Å². The SMILES string of the molecule is Cc1cc(Br)ccc1-n1nnnc1-c1ccc(N)cc1Cl. The average molecular weight is 365 g/mol. The Morgan fingerprint density at radius 1 is 1.19 bits per heavy atom. The van der Waals surface area contributed by atoms with E-state index in [0.29, 0.717) is 16.5 Å². The number of hydrogen-bond acceptors (Lipinski definition) is 4. The molecule has 5 nitrogen and oxygen atoms in total. The van der Waals surface area contributed by atoms with E-state index in [1.54, 1.807) is 16.8 Å². The van der Waals surface area contributed by atoms with Crippen LogP contribution in [0.1, 0.15) is 5.56 Å². The summed E-state index contributed by atoms with van der Waals surface area (Å²) in [6.07, 6.45) is 0. The first kappa shape index (κ1) is 14.0. The van der Waals surface area contributed by atoms with E-state index in [0.717, 1.165) is 21.3 Å². The highest BCUT2D eigenvalue weighted by Gasteiger charge is 2.15. The van der Waals surface area contributed by atoms with Gasteiger partial charge in [-0.25, -0.2) is 0 Å². The molecule has 2 N–H and O–H groups in total. The monoisotopic (exact) mass is 363 g/mol. The van der Waals surface area contributed by atoms with Crippen LogP contribution in [0.25, 0.3) is 17.1 Å². The topological polar surface area (TPSA) is 69.6 Å². The van der Waals surface area contributed by atoms with Gasteiger partial charge in [0, 0.05) is 15.7 Å². The first-order chi connectivity index (χ1) is 10.1. The lowest BCUT2D eigenvalue weighted by molar-refractivity contribution is 0.787. The predicted molar refractivity (Wildman–Crippen MR) is 86.4 cm³/mol. The number of hydrogen-bond donors (Lipinski definition) is 1. The summed E-state index contributed by atoms with van der Waals surface area (Å²) in [6, 6.07) is 11.2. The van der Waals surface area contributed by atoms with Gasteiger partial charge in [-0.3, -0.25) is 0 Å². The van der Waals surface area contributed by atoms with Gasteiger partial charge in [-0.15, -0.1) is 5.10 Å². The van der Waals surface area contributed by atoms with E-state index in [4.69, 9.17) is 17.3 Å². The molecule has 0 aliphatic carbocycles. The number of nitrogens with zero attached hydrogens (tertiary/aromatic N) is 4. The number of aryl methyl sites for hydroxylation is 1. The standard InChI is InChI=1S/C14H11BrClN5/c1-8-6-9(15)2-5-13(8)21-14(18-19-20-21)11-4-3-10(17)7-12(11)16/h2-7H,17H2,1H3. The Hall–Kier alpha value is -1.92. The van der Waals surface area contributed by atoms with E-state index >= 15 is 0 Å². The van der Waals surface area contributed by atoms with Gasteiger partial charge >= 0.3 is 0 Å². The minimum atomic E-state index is 0.515. The van der Waals surface area contributed by atoms with Crippen LogP contribution in [0.15, 0.2) is 40.9 Å². The molecule has 21 heavy (non-hydrogen) atoms. The van der Waals surface area contributed by atoms with Crippen molar-refractivity contribution < 1.29 is 0 Å². The minimum Gasteiger partial charge on any atom is -0.399 e. The molecule has 0 atom stereocenters. The molecule has 0 fully saturated rings. The van der Waals surface area contributed by atoms with Gasteiger partial charge in [-0.05, 0) is 59.3 Å². The quantitative estimate of drug-likeness (QED) is 0.705. The van der Waals surface area contributed by atoms with Crippen molar-refractivity contribution in [3.05, 3.63) is 51.5 Å². The van der Waals surface area contributed by atoms with E-state index in [1.165, 1.54) is 0 Å². The summed E-state index contributed by atoms with van der Waals surface area (Å²) in [5, 5.41) is 12.4. The number of aromatic nitrogens is 4. The summed E-state index contributed by atoms with van der Waals surface area (Å²) in [5.74, 6) is 0.574. The van der Waals surface area contributed by atoms with Crippen LogP contribution in [0, 0.1) is 6.92 Å². The number of rotatable bonds is 2. The summed E-state index contributed by atoms with van der Waals surface area (Å²) in [7, 11) is 0. The lowest BCUT2D eigenvalue weighted by atomic mass is 10.1. The number of benzene rings is 2. The van der Waals surface area contributed by atoms with E-state index in [9.17, 15) is 0 Å². The molecule has 0 saturated heterocycles. The van der Waals surface area contributed by atoms with Crippen LogP contribution < -0.4 is 5.73 Å². The third-order valence-electron chi connectivity index (χ3n) is 3.09. The van der Waals surface area contributed by atoms with Gasteiger partial charge in [0.2, 0.25) is 0 Å². The maximum Gasteiger partial charge on any atom is 0.188 e. The molecule has 1 heterocycles. The van der Waals surface area contributed by atoms with Crippen LogP contribution in [0.2, 0.25) is 5.02 Å². The normalized spacial score (nSPS) is 10.8. The van der Waals surface area contributed by atoms with Crippen molar-refractivity contribution in [1.29, 1.82) is 0 Å². The van der Waals surface area contributed by atoms with Crippen LogP contribution in [0.3, 0.4) is 0 Å². The maximum atomic E-state index is 6.25. The Morgan fingerprint density at radius 2 is 2.00 bits per heavy atom. The van der Waals surface area contributed by atoms with Crippen LogP contribution in [0.4, 0.5) is 5.69 Å². The molecule has 0 saturated carbocycles. The second kappa shape index (κ2) is 5.46. The zero-order valence-electron chi connectivity index (χ0n) is 11.1. The van der Waals surface area contributed by atoms with Gasteiger partial charge < -0.3 is 5.73 Å². The minimum absolute atomic E-state index is 0.515. The molecule has 0 aliphatic rings. The number of nitrogens with two attached hydrogens (primary N) is 1. The Balaban J connectivity index is 2.17. The number of halogens is 2. The van der Waals surface area contributed by atoms with E-state index in [-0.39, 0.29) is 0 Å². The molecule has 1 aromatic heterocycles. The van der Waals surface area contributed by atoms with Crippen LogP contribution in [0.5, 0.6) is 0 Å². The second-order valence-corrected chi connectivity index (χ2v) is 5.91. The van der Waals surface area contributed by atoms with Gasteiger partial charge in [0.05, 0.1) is 10.7 Å². The van der Waals surface area contributed by atoms with Crippen LogP contribution in [-0.2, 0) is 0 Å². The molecule has 0 radical (unpaired) electrons. The molecule has 106 valence electrons. The second-order valence-electron chi connectivity index (χ2n) is 4.58. The maximum absolute atomic E-state index is 6.25. The number of nitrogen functional groups attached to an aromatic ring is 1. The molecule has 7 heteroatoms. The van der Waals surface area contributed by atoms with Crippen molar-refractivity contribution >= 4 is 33.2 Å². The highest BCUT2D eigenvalue weighted by Crippen LogP contribution is 2.30. The molecule has 0 amide bonds. The molecular weight excluding hydrogens is 354 g/mol. The van der Waals surface area contributed by atoms with E-state index < -0.39 is 0 Å². The lowest BCUT2D eigenvalue weighted by Crippen LogP contribution is -2.02. The van der Waals surface area contributed by atoms with Crippen molar-refractivity contribution in [3.8, 4) is 17.1 Å². The van der Waals surface area contributed by atoms with Gasteiger partial charge in [-0.1, -0.05) is 27.5 Å². The largest absolute Gasteiger partial charge is 0.399 e. The molecule has 0 aliphatic heterocycles. The lowest BCUT2D eigenvalue weighted by Gasteiger charge is -2.09. The number of anilines is 1. The fraction of sp³-hybridized carbons (Fsp3) is 0.0714. The summed E-state index contributed by atoms with van der Waals surface area (Å²) >= 11 is 9.70. The fourth-order valence-corrected chi connectivity index (χ4v) is 2.84. The van der Waals surface area contributed by atoms with E-state index in [1.807, 2.05) is 31.2 Å². The zero-order valence-corrected chi connectivity index (χ0v) is 13.4. The van der Waals surface area contributed by atoms with E-state index in [2.05, 4.69) is 31.5 Å². The predicted octanol–water partition coefficient (Wildman–Crippen LogP) is 3.64. The fourth-order valence-electron chi connectivity index (χ4n) is 2.09. The first-order valence-corrected chi connectivity index (χ1v) is 7.33. The van der Waals surface area contributed by atoms with Crippen LogP contribution in [-0.4, -0.2) is 20.2 Å². The summed E-state index contributed by atoms with van der Waals surface area (Å²) in [5.41, 5.74) is 9.00. The van der Waals surface area contributed by atoms with Crippen molar-refractivity contribution in [1.82, 2.24) is 20.2 Å². The highest BCUT2D eigenvalue weighted by atomic mass is 79.9. The molecule has 3 aromatic rings.